The number of Topliss-reactive ketones (excluding diaryl/α,β-unsaturated/α-hetero) is 1. The van der Waals surface area contributed by atoms with Gasteiger partial charge in [0.1, 0.15) is 5.78 Å². The fourth-order valence-electron chi connectivity index (χ4n) is 1.85. The lowest BCUT2D eigenvalue weighted by Crippen LogP contribution is -2.31. The summed E-state index contributed by atoms with van der Waals surface area (Å²) in [7, 11) is 0. The zero-order valence-corrected chi connectivity index (χ0v) is 10.8. The van der Waals surface area contributed by atoms with Crippen LogP contribution in [0, 0.1) is 0 Å². The molecule has 1 aromatic heterocycles. The van der Waals surface area contributed by atoms with Crippen molar-refractivity contribution < 1.29 is 4.79 Å². The summed E-state index contributed by atoms with van der Waals surface area (Å²) in [5.41, 5.74) is 0.466. The van der Waals surface area contributed by atoms with Gasteiger partial charge in [0.15, 0.2) is 0 Å². The molecule has 1 heterocycles. The van der Waals surface area contributed by atoms with Gasteiger partial charge in [-0.15, -0.1) is 10.2 Å². The number of hydrogen-bond acceptors (Lipinski definition) is 4. The van der Waals surface area contributed by atoms with E-state index in [2.05, 4.69) is 15.4 Å². The first-order valence-electron chi connectivity index (χ1n) is 5.84. The Kier molecular flexibility index (Phi) is 3.23. The molecular weight excluding hydrogens is 228 g/mol. The van der Waals surface area contributed by atoms with Crippen LogP contribution in [0.3, 0.4) is 0 Å². The smallest absolute Gasteiger partial charge is 0.204 e. The van der Waals surface area contributed by atoms with E-state index < -0.39 is 5.54 Å². The molecule has 0 atom stereocenters. The van der Waals surface area contributed by atoms with E-state index in [9.17, 15) is 4.79 Å². The van der Waals surface area contributed by atoms with Crippen LogP contribution in [-0.2, 0) is 10.3 Å². The van der Waals surface area contributed by atoms with Gasteiger partial charge >= 0.3 is 0 Å². The fourth-order valence-corrected chi connectivity index (χ4v) is 1.85. The lowest BCUT2D eigenvalue weighted by molar-refractivity contribution is -0.118. The molecule has 0 bridgehead atoms. The van der Waals surface area contributed by atoms with E-state index in [-0.39, 0.29) is 5.78 Å². The molecule has 0 fully saturated rings. The minimum Gasteiger partial charge on any atom is -0.300 e. The number of tetrazole rings is 1. The third-order valence-electron chi connectivity index (χ3n) is 2.67. The maximum atomic E-state index is 11.2. The molecule has 0 aliphatic heterocycles. The molecule has 0 spiro atoms. The largest absolute Gasteiger partial charge is 0.300 e. The van der Waals surface area contributed by atoms with Gasteiger partial charge in [-0.05, 0) is 26.0 Å². The molecule has 2 aromatic rings. The van der Waals surface area contributed by atoms with Gasteiger partial charge in [0.25, 0.3) is 0 Å². The van der Waals surface area contributed by atoms with E-state index >= 15 is 0 Å². The zero-order chi connectivity index (χ0) is 13.2. The molecule has 0 aliphatic carbocycles. The van der Waals surface area contributed by atoms with Gasteiger partial charge in [-0.1, -0.05) is 30.3 Å². The minimum absolute atomic E-state index is 0.110. The van der Waals surface area contributed by atoms with Crippen molar-refractivity contribution in [1.29, 1.82) is 0 Å². The predicted molar refractivity (Wildman–Crippen MR) is 67.9 cm³/mol. The molecular formula is C13H16N4O. The quantitative estimate of drug-likeness (QED) is 0.825. The van der Waals surface area contributed by atoms with Crippen molar-refractivity contribution in [3.8, 4) is 11.4 Å². The molecule has 0 unspecified atom stereocenters. The summed E-state index contributed by atoms with van der Waals surface area (Å²) in [5.74, 6) is 0.686. The normalized spacial score (nSPS) is 11.5. The average Bonchev–Trinajstić information content (AvgIpc) is 2.78. The first kappa shape index (κ1) is 12.4. The molecule has 0 aliphatic rings. The number of carbonyl (C=O) groups is 1. The Hall–Kier alpha value is -2.04. The van der Waals surface area contributed by atoms with Gasteiger partial charge in [-0.3, -0.25) is 4.79 Å². The number of hydrogen-bond donors (Lipinski definition) is 0. The summed E-state index contributed by atoms with van der Waals surface area (Å²) in [5, 5.41) is 12.4. The molecule has 5 heteroatoms. The zero-order valence-electron chi connectivity index (χ0n) is 10.8. The van der Waals surface area contributed by atoms with Crippen molar-refractivity contribution >= 4 is 5.78 Å². The Labute approximate surface area is 106 Å². The standard InChI is InChI=1S/C13H16N4O/c1-10(18)9-13(2,3)17-15-12(14-16-17)11-7-5-4-6-8-11/h4-8H,9H2,1-3H3. The highest BCUT2D eigenvalue weighted by atomic mass is 16.1. The molecule has 0 saturated heterocycles. The van der Waals surface area contributed by atoms with Gasteiger partial charge in [-0.25, -0.2) is 0 Å². The van der Waals surface area contributed by atoms with Crippen LogP contribution in [0.2, 0.25) is 0 Å². The number of aromatic nitrogens is 4. The van der Waals surface area contributed by atoms with Crippen molar-refractivity contribution in [3.05, 3.63) is 30.3 Å². The summed E-state index contributed by atoms with van der Waals surface area (Å²) < 4.78 is 0. The average molecular weight is 244 g/mol. The second kappa shape index (κ2) is 4.68. The van der Waals surface area contributed by atoms with E-state index in [0.717, 1.165) is 5.56 Å². The molecule has 0 saturated carbocycles. The third kappa shape index (κ3) is 2.61. The first-order valence-corrected chi connectivity index (χ1v) is 5.84. The van der Waals surface area contributed by atoms with Crippen LogP contribution in [0.25, 0.3) is 11.4 Å². The number of nitrogens with zero attached hydrogens (tertiary/aromatic N) is 4. The molecule has 18 heavy (non-hydrogen) atoms. The van der Waals surface area contributed by atoms with E-state index in [1.807, 2.05) is 44.2 Å². The molecule has 2 rings (SSSR count). The number of carbonyl (C=O) groups excluding carboxylic acids is 1. The second-order valence-electron chi connectivity index (χ2n) is 4.96. The molecule has 1 aromatic carbocycles. The SMILES string of the molecule is CC(=O)CC(C)(C)n1nnc(-c2ccccc2)n1. The van der Waals surface area contributed by atoms with E-state index in [1.54, 1.807) is 6.92 Å². The van der Waals surface area contributed by atoms with E-state index in [1.165, 1.54) is 4.80 Å². The minimum atomic E-state index is -0.453. The van der Waals surface area contributed by atoms with Crippen LogP contribution >= 0.6 is 0 Å². The van der Waals surface area contributed by atoms with Crippen molar-refractivity contribution in [2.75, 3.05) is 0 Å². The number of benzene rings is 1. The maximum absolute atomic E-state index is 11.2. The van der Waals surface area contributed by atoms with Crippen LogP contribution in [0.1, 0.15) is 27.2 Å². The van der Waals surface area contributed by atoms with Gasteiger partial charge < -0.3 is 0 Å². The lowest BCUT2D eigenvalue weighted by atomic mass is 9.99. The third-order valence-corrected chi connectivity index (χ3v) is 2.67. The van der Waals surface area contributed by atoms with Gasteiger partial charge in [0.2, 0.25) is 5.82 Å². The lowest BCUT2D eigenvalue weighted by Gasteiger charge is -2.20. The van der Waals surface area contributed by atoms with Crippen LogP contribution in [0.15, 0.2) is 30.3 Å². The second-order valence-corrected chi connectivity index (χ2v) is 4.96. The summed E-state index contributed by atoms with van der Waals surface area (Å²) >= 11 is 0. The van der Waals surface area contributed by atoms with Crippen molar-refractivity contribution in [3.63, 3.8) is 0 Å². The molecule has 0 N–H and O–H groups in total. The van der Waals surface area contributed by atoms with Crippen LogP contribution in [0.5, 0.6) is 0 Å². The predicted octanol–water partition coefficient (Wildman–Crippen LogP) is 2.05. The van der Waals surface area contributed by atoms with Crippen molar-refractivity contribution in [2.24, 2.45) is 0 Å². The first-order chi connectivity index (χ1) is 8.49. The van der Waals surface area contributed by atoms with Gasteiger partial charge in [0, 0.05) is 12.0 Å². The summed E-state index contributed by atoms with van der Waals surface area (Å²) in [4.78, 5) is 12.7. The number of ketones is 1. The summed E-state index contributed by atoms with van der Waals surface area (Å²) in [6.45, 7) is 5.41. The van der Waals surface area contributed by atoms with Crippen LogP contribution < -0.4 is 0 Å². The van der Waals surface area contributed by atoms with Gasteiger partial charge in [0.05, 0.1) is 5.54 Å². The fraction of sp³-hybridized carbons (Fsp3) is 0.385. The Morgan fingerprint density at radius 2 is 1.94 bits per heavy atom. The molecule has 0 radical (unpaired) electrons. The maximum Gasteiger partial charge on any atom is 0.204 e. The highest BCUT2D eigenvalue weighted by molar-refractivity contribution is 5.76. The highest BCUT2D eigenvalue weighted by Gasteiger charge is 2.25. The van der Waals surface area contributed by atoms with Crippen LogP contribution in [0.4, 0.5) is 0 Å². The Bertz CT molecular complexity index is 545. The van der Waals surface area contributed by atoms with Crippen molar-refractivity contribution in [2.45, 2.75) is 32.7 Å². The Morgan fingerprint density at radius 3 is 2.56 bits per heavy atom. The molecule has 5 nitrogen and oxygen atoms in total. The van der Waals surface area contributed by atoms with E-state index in [0.29, 0.717) is 12.2 Å². The topological polar surface area (TPSA) is 60.7 Å². The molecule has 94 valence electrons. The number of rotatable bonds is 4. The Morgan fingerprint density at radius 1 is 1.28 bits per heavy atom. The van der Waals surface area contributed by atoms with Gasteiger partial charge in [-0.2, -0.15) is 4.80 Å². The van der Waals surface area contributed by atoms with Crippen LogP contribution in [-0.4, -0.2) is 26.0 Å². The van der Waals surface area contributed by atoms with E-state index in [4.69, 9.17) is 0 Å². The summed E-state index contributed by atoms with van der Waals surface area (Å²) in [6, 6.07) is 9.65. The monoisotopic (exact) mass is 244 g/mol. The van der Waals surface area contributed by atoms with Crippen molar-refractivity contribution in [1.82, 2.24) is 20.2 Å². The molecule has 0 amide bonds. The highest BCUT2D eigenvalue weighted by Crippen LogP contribution is 2.19. The summed E-state index contributed by atoms with van der Waals surface area (Å²) in [6.07, 6.45) is 0.386. The Balaban J connectivity index is 2.28.